The molecular formula is C21H26N2O. The number of carbonyl (C=O) groups excluding carboxylic acids is 1. The van der Waals surface area contributed by atoms with Gasteiger partial charge in [0.25, 0.3) is 5.91 Å². The highest BCUT2D eigenvalue weighted by atomic mass is 16.1. The lowest BCUT2D eigenvalue weighted by Gasteiger charge is -2.17. The van der Waals surface area contributed by atoms with Crippen molar-refractivity contribution in [3.8, 4) is 11.1 Å². The number of benzene rings is 2. The molecule has 3 heteroatoms. The van der Waals surface area contributed by atoms with Gasteiger partial charge < -0.3 is 11.1 Å². The van der Waals surface area contributed by atoms with E-state index in [0.717, 1.165) is 29.7 Å². The molecule has 1 amide bonds. The first kappa shape index (κ1) is 16.6. The molecular weight excluding hydrogens is 296 g/mol. The first-order valence-electron chi connectivity index (χ1n) is 8.85. The van der Waals surface area contributed by atoms with Crippen LogP contribution in [0.25, 0.3) is 11.1 Å². The fourth-order valence-corrected chi connectivity index (χ4v) is 3.40. The van der Waals surface area contributed by atoms with Crippen molar-refractivity contribution in [1.82, 2.24) is 0 Å². The molecule has 0 unspecified atom stereocenters. The minimum absolute atomic E-state index is 0.379. The van der Waals surface area contributed by atoms with Gasteiger partial charge in [-0.05, 0) is 47.6 Å². The zero-order chi connectivity index (χ0) is 17.1. The third-order valence-electron chi connectivity index (χ3n) is 4.91. The van der Waals surface area contributed by atoms with Crippen molar-refractivity contribution in [2.75, 3.05) is 5.32 Å². The van der Waals surface area contributed by atoms with E-state index in [4.69, 9.17) is 5.73 Å². The van der Waals surface area contributed by atoms with Gasteiger partial charge >= 0.3 is 0 Å². The quantitative estimate of drug-likeness (QED) is 0.820. The van der Waals surface area contributed by atoms with E-state index >= 15 is 0 Å². The van der Waals surface area contributed by atoms with Crippen LogP contribution in [-0.2, 0) is 0 Å². The fourth-order valence-electron chi connectivity index (χ4n) is 3.40. The fraction of sp³-hybridized carbons (Fsp3) is 0.381. The number of carbonyl (C=O) groups is 1. The predicted molar refractivity (Wildman–Crippen MR) is 100 cm³/mol. The molecule has 0 spiro atoms. The Labute approximate surface area is 144 Å². The lowest BCUT2D eigenvalue weighted by molar-refractivity contribution is 0.100. The van der Waals surface area contributed by atoms with E-state index in [9.17, 15) is 4.79 Å². The minimum Gasteiger partial charge on any atom is -0.382 e. The SMILES string of the molecule is CC(C)c1ccc(-c2ccc(NC3CCCC3)c(C(N)=O)c2)cc1. The first-order valence-corrected chi connectivity index (χ1v) is 8.85. The predicted octanol–water partition coefficient (Wildman–Crippen LogP) is 4.93. The van der Waals surface area contributed by atoms with Gasteiger partial charge in [-0.3, -0.25) is 4.79 Å². The summed E-state index contributed by atoms with van der Waals surface area (Å²) in [6.45, 7) is 4.37. The van der Waals surface area contributed by atoms with E-state index in [-0.39, 0.29) is 5.91 Å². The Balaban J connectivity index is 1.89. The standard InChI is InChI=1S/C21H26N2O/c1-14(2)15-7-9-16(10-8-15)17-11-12-20(19(13-17)21(22)24)23-18-5-3-4-6-18/h7-14,18,23H,3-6H2,1-2H3,(H2,22,24). The summed E-state index contributed by atoms with van der Waals surface area (Å²) in [5, 5.41) is 3.49. The molecule has 3 nitrogen and oxygen atoms in total. The molecule has 0 atom stereocenters. The zero-order valence-electron chi connectivity index (χ0n) is 14.5. The van der Waals surface area contributed by atoms with Crippen molar-refractivity contribution in [2.24, 2.45) is 5.73 Å². The van der Waals surface area contributed by atoms with Crippen LogP contribution in [0.2, 0.25) is 0 Å². The second kappa shape index (κ2) is 7.08. The Morgan fingerprint density at radius 1 is 1.04 bits per heavy atom. The summed E-state index contributed by atoms with van der Waals surface area (Å²) in [5.41, 5.74) is 10.5. The molecule has 2 aromatic carbocycles. The monoisotopic (exact) mass is 322 g/mol. The van der Waals surface area contributed by atoms with E-state index in [1.165, 1.54) is 18.4 Å². The number of primary amides is 1. The molecule has 0 aliphatic heterocycles. The molecule has 1 fully saturated rings. The maximum atomic E-state index is 11.9. The lowest BCUT2D eigenvalue weighted by atomic mass is 9.97. The molecule has 1 aliphatic carbocycles. The third kappa shape index (κ3) is 3.61. The van der Waals surface area contributed by atoms with Gasteiger partial charge in [-0.2, -0.15) is 0 Å². The molecule has 3 rings (SSSR count). The largest absolute Gasteiger partial charge is 0.382 e. The zero-order valence-corrected chi connectivity index (χ0v) is 14.5. The van der Waals surface area contributed by atoms with E-state index < -0.39 is 0 Å². The van der Waals surface area contributed by atoms with Crippen molar-refractivity contribution >= 4 is 11.6 Å². The number of nitrogens with one attached hydrogen (secondary N) is 1. The molecule has 0 bridgehead atoms. The van der Waals surface area contributed by atoms with Gasteiger partial charge in [0.15, 0.2) is 0 Å². The summed E-state index contributed by atoms with van der Waals surface area (Å²) in [7, 11) is 0. The third-order valence-corrected chi connectivity index (χ3v) is 4.91. The maximum absolute atomic E-state index is 11.9. The van der Waals surface area contributed by atoms with Crippen molar-refractivity contribution in [3.05, 3.63) is 53.6 Å². The van der Waals surface area contributed by atoms with Crippen LogP contribution in [0, 0.1) is 0 Å². The summed E-state index contributed by atoms with van der Waals surface area (Å²) in [5.74, 6) is 0.134. The first-order chi connectivity index (χ1) is 11.5. The number of anilines is 1. The highest BCUT2D eigenvalue weighted by Crippen LogP contribution is 2.29. The number of hydrogen-bond acceptors (Lipinski definition) is 2. The Morgan fingerprint density at radius 3 is 2.25 bits per heavy atom. The molecule has 1 saturated carbocycles. The van der Waals surface area contributed by atoms with Crippen molar-refractivity contribution in [3.63, 3.8) is 0 Å². The van der Waals surface area contributed by atoms with Gasteiger partial charge in [-0.1, -0.05) is 57.0 Å². The van der Waals surface area contributed by atoms with Crippen LogP contribution in [0.15, 0.2) is 42.5 Å². The van der Waals surface area contributed by atoms with E-state index in [1.54, 1.807) is 0 Å². The number of hydrogen-bond donors (Lipinski definition) is 2. The Hall–Kier alpha value is -2.29. The normalized spacial score (nSPS) is 15.0. The van der Waals surface area contributed by atoms with Crippen molar-refractivity contribution in [1.29, 1.82) is 0 Å². The Bertz CT molecular complexity index is 713. The van der Waals surface area contributed by atoms with Gasteiger partial charge in [0.05, 0.1) is 5.56 Å². The molecule has 24 heavy (non-hydrogen) atoms. The number of rotatable bonds is 5. The maximum Gasteiger partial charge on any atom is 0.250 e. The van der Waals surface area contributed by atoms with Crippen molar-refractivity contribution < 1.29 is 4.79 Å². The minimum atomic E-state index is -0.379. The van der Waals surface area contributed by atoms with Crippen LogP contribution in [0.5, 0.6) is 0 Å². The molecule has 0 aromatic heterocycles. The molecule has 2 aromatic rings. The summed E-state index contributed by atoms with van der Waals surface area (Å²) in [6, 6.07) is 14.9. The van der Waals surface area contributed by atoms with Gasteiger partial charge in [-0.25, -0.2) is 0 Å². The van der Waals surface area contributed by atoms with E-state index in [2.05, 4.69) is 49.5 Å². The van der Waals surface area contributed by atoms with E-state index in [0.29, 0.717) is 17.5 Å². The number of amides is 1. The Morgan fingerprint density at radius 2 is 1.67 bits per heavy atom. The number of nitrogens with two attached hydrogens (primary N) is 1. The van der Waals surface area contributed by atoms with Crippen LogP contribution >= 0.6 is 0 Å². The molecule has 3 N–H and O–H groups in total. The molecule has 126 valence electrons. The summed E-state index contributed by atoms with van der Waals surface area (Å²) in [4.78, 5) is 11.9. The van der Waals surface area contributed by atoms with Gasteiger partial charge in [0, 0.05) is 11.7 Å². The van der Waals surface area contributed by atoms with Crippen molar-refractivity contribution in [2.45, 2.75) is 51.5 Å². The topological polar surface area (TPSA) is 55.1 Å². The van der Waals surface area contributed by atoms with Gasteiger partial charge in [-0.15, -0.1) is 0 Å². The van der Waals surface area contributed by atoms with Crippen LogP contribution < -0.4 is 11.1 Å². The van der Waals surface area contributed by atoms with Crippen LogP contribution in [0.4, 0.5) is 5.69 Å². The average Bonchev–Trinajstić information content (AvgIpc) is 3.08. The Kier molecular flexibility index (Phi) is 4.89. The lowest BCUT2D eigenvalue weighted by Crippen LogP contribution is -2.19. The van der Waals surface area contributed by atoms with Crippen LogP contribution in [0.1, 0.15) is 61.4 Å². The van der Waals surface area contributed by atoms with Crippen LogP contribution in [0.3, 0.4) is 0 Å². The highest BCUT2D eigenvalue weighted by molar-refractivity contribution is 6.00. The summed E-state index contributed by atoms with van der Waals surface area (Å²) < 4.78 is 0. The molecule has 1 aliphatic rings. The molecule has 0 saturated heterocycles. The van der Waals surface area contributed by atoms with Gasteiger partial charge in [0.2, 0.25) is 0 Å². The van der Waals surface area contributed by atoms with Gasteiger partial charge in [0.1, 0.15) is 0 Å². The summed E-state index contributed by atoms with van der Waals surface area (Å²) >= 11 is 0. The summed E-state index contributed by atoms with van der Waals surface area (Å²) in [6.07, 6.45) is 4.83. The van der Waals surface area contributed by atoms with Crippen LogP contribution in [-0.4, -0.2) is 11.9 Å². The second-order valence-corrected chi connectivity index (χ2v) is 7.03. The van der Waals surface area contributed by atoms with E-state index in [1.807, 2.05) is 12.1 Å². The molecule has 0 heterocycles. The highest BCUT2D eigenvalue weighted by Gasteiger charge is 2.18. The second-order valence-electron chi connectivity index (χ2n) is 7.03. The molecule has 0 radical (unpaired) electrons. The smallest absolute Gasteiger partial charge is 0.250 e. The average molecular weight is 322 g/mol.